The van der Waals surface area contributed by atoms with Crippen molar-refractivity contribution >= 4 is 17.8 Å². The predicted octanol–water partition coefficient (Wildman–Crippen LogP) is -0.0552. The number of anilines is 1. The maximum absolute atomic E-state index is 12.6. The van der Waals surface area contributed by atoms with Crippen molar-refractivity contribution in [3.63, 3.8) is 0 Å². The molecule has 2 amide bonds. The highest BCUT2D eigenvalue weighted by atomic mass is 16.2. The fourth-order valence-electron chi connectivity index (χ4n) is 3.45. The number of nitrogens with one attached hydrogen (secondary N) is 2. The minimum atomic E-state index is -0.472. The van der Waals surface area contributed by atoms with Crippen LogP contribution in [0, 0.1) is 0 Å². The molecule has 2 aliphatic rings. The van der Waals surface area contributed by atoms with E-state index >= 15 is 0 Å². The van der Waals surface area contributed by atoms with Crippen LogP contribution < -0.4 is 10.6 Å². The van der Waals surface area contributed by atoms with Crippen LogP contribution in [0.25, 0.3) is 0 Å². The Morgan fingerprint density at radius 2 is 1.96 bits per heavy atom. The molecule has 0 bridgehead atoms. The number of hydrogen-bond donors (Lipinski definition) is 2. The van der Waals surface area contributed by atoms with Crippen molar-refractivity contribution < 1.29 is 9.59 Å². The molecule has 1 aromatic rings. The van der Waals surface area contributed by atoms with E-state index in [9.17, 15) is 9.59 Å². The number of piperidine rings is 1. The molecule has 0 unspecified atom stereocenters. The molecule has 0 saturated carbocycles. The van der Waals surface area contributed by atoms with Gasteiger partial charge in [-0.1, -0.05) is 0 Å². The molecule has 2 saturated heterocycles. The average molecular weight is 332 g/mol. The van der Waals surface area contributed by atoms with Gasteiger partial charge in [-0.2, -0.15) is 0 Å². The van der Waals surface area contributed by atoms with Crippen molar-refractivity contribution in [3.05, 3.63) is 18.0 Å². The Labute approximate surface area is 141 Å². The van der Waals surface area contributed by atoms with E-state index in [4.69, 9.17) is 0 Å². The molecule has 8 heteroatoms. The Morgan fingerprint density at radius 1 is 1.29 bits per heavy atom. The molecule has 0 atom stereocenters. The number of carbonyl (C=O) groups excluding carboxylic acids is 2. The molecule has 1 aromatic heterocycles. The lowest BCUT2D eigenvalue weighted by Crippen LogP contribution is -2.67. The first-order valence-electron chi connectivity index (χ1n) is 8.41. The Morgan fingerprint density at radius 3 is 2.54 bits per heavy atom. The fraction of sp³-hybridized carbons (Fsp3) is 0.625. The van der Waals surface area contributed by atoms with Crippen LogP contribution >= 0.6 is 0 Å². The van der Waals surface area contributed by atoms with E-state index in [0.717, 1.165) is 13.1 Å². The highest BCUT2D eigenvalue weighted by molar-refractivity contribution is 5.94. The van der Waals surface area contributed by atoms with Crippen LogP contribution in [0.4, 0.5) is 5.95 Å². The first-order valence-corrected chi connectivity index (χ1v) is 8.41. The number of rotatable bonds is 3. The average Bonchev–Trinajstić information content (AvgIpc) is 2.61. The van der Waals surface area contributed by atoms with Gasteiger partial charge in [-0.3, -0.25) is 14.5 Å². The Hall–Kier alpha value is -2.22. The van der Waals surface area contributed by atoms with Crippen LogP contribution in [0.3, 0.4) is 0 Å². The number of likely N-dealkylation sites (tertiary alicyclic amines) is 1. The zero-order chi connectivity index (χ0) is 17.2. The van der Waals surface area contributed by atoms with Gasteiger partial charge in [0.25, 0.3) is 5.91 Å². The Kier molecular flexibility index (Phi) is 4.66. The molecule has 24 heavy (non-hydrogen) atoms. The molecule has 130 valence electrons. The number of likely N-dealkylation sites (N-methyl/N-ethyl adjacent to an activating group) is 1. The van der Waals surface area contributed by atoms with Crippen molar-refractivity contribution in [2.75, 3.05) is 45.1 Å². The molecular formula is C16H24N6O2. The van der Waals surface area contributed by atoms with Crippen LogP contribution in [0.5, 0.6) is 0 Å². The highest BCUT2D eigenvalue weighted by Crippen LogP contribution is 2.30. The van der Waals surface area contributed by atoms with Crippen LogP contribution in [0.15, 0.2) is 12.4 Å². The van der Waals surface area contributed by atoms with E-state index in [1.807, 2.05) is 14.0 Å². The number of hydrogen-bond acceptors (Lipinski definition) is 6. The maximum Gasteiger partial charge on any atom is 0.256 e. The SMILES string of the molecule is CCNc1ncc(C(=O)N2CCC3(CC2)C(=O)NCCN3C)cn1. The molecule has 0 aromatic carbocycles. The van der Waals surface area contributed by atoms with Crippen LogP contribution in [0.1, 0.15) is 30.1 Å². The lowest BCUT2D eigenvalue weighted by atomic mass is 9.83. The van der Waals surface area contributed by atoms with Gasteiger partial charge >= 0.3 is 0 Å². The first-order chi connectivity index (χ1) is 11.6. The molecule has 0 radical (unpaired) electrons. The molecule has 8 nitrogen and oxygen atoms in total. The monoisotopic (exact) mass is 332 g/mol. The first kappa shape index (κ1) is 16.6. The number of piperazine rings is 1. The minimum Gasteiger partial charge on any atom is -0.355 e. The second-order valence-corrected chi connectivity index (χ2v) is 6.33. The van der Waals surface area contributed by atoms with E-state index in [2.05, 4.69) is 25.5 Å². The second kappa shape index (κ2) is 6.72. The van der Waals surface area contributed by atoms with Gasteiger partial charge in [0.15, 0.2) is 0 Å². The summed E-state index contributed by atoms with van der Waals surface area (Å²) in [4.78, 5) is 37.2. The van der Waals surface area contributed by atoms with E-state index in [-0.39, 0.29) is 11.8 Å². The molecule has 2 fully saturated rings. The van der Waals surface area contributed by atoms with Crippen LogP contribution in [0.2, 0.25) is 0 Å². The Bertz CT molecular complexity index is 609. The lowest BCUT2D eigenvalue weighted by Gasteiger charge is -2.48. The predicted molar refractivity (Wildman–Crippen MR) is 89.7 cm³/mol. The summed E-state index contributed by atoms with van der Waals surface area (Å²) >= 11 is 0. The largest absolute Gasteiger partial charge is 0.355 e. The summed E-state index contributed by atoms with van der Waals surface area (Å²) < 4.78 is 0. The molecule has 1 spiro atoms. The zero-order valence-corrected chi connectivity index (χ0v) is 14.2. The summed E-state index contributed by atoms with van der Waals surface area (Å²) in [5.74, 6) is 0.528. The van der Waals surface area contributed by atoms with Gasteiger partial charge in [-0.15, -0.1) is 0 Å². The number of carbonyl (C=O) groups is 2. The Balaban J connectivity index is 1.65. The third-order valence-electron chi connectivity index (χ3n) is 5.00. The van der Waals surface area contributed by atoms with Crippen molar-refractivity contribution in [3.8, 4) is 0 Å². The molecule has 2 N–H and O–H groups in total. The molecule has 3 heterocycles. The third kappa shape index (κ3) is 2.93. The summed E-state index contributed by atoms with van der Waals surface area (Å²) in [6.07, 6.45) is 4.41. The number of nitrogens with zero attached hydrogens (tertiary/aromatic N) is 4. The summed E-state index contributed by atoms with van der Waals surface area (Å²) in [5.41, 5.74) is 0.00881. The van der Waals surface area contributed by atoms with Crippen molar-refractivity contribution in [1.29, 1.82) is 0 Å². The third-order valence-corrected chi connectivity index (χ3v) is 5.00. The van der Waals surface area contributed by atoms with Gasteiger partial charge in [-0.05, 0) is 26.8 Å². The van der Waals surface area contributed by atoms with Gasteiger partial charge in [0.05, 0.1) is 5.56 Å². The maximum atomic E-state index is 12.6. The van der Waals surface area contributed by atoms with Gasteiger partial charge in [0.1, 0.15) is 5.54 Å². The van der Waals surface area contributed by atoms with Crippen LogP contribution in [-0.4, -0.2) is 76.9 Å². The zero-order valence-electron chi connectivity index (χ0n) is 14.2. The topological polar surface area (TPSA) is 90.5 Å². The van der Waals surface area contributed by atoms with Crippen molar-refractivity contribution in [1.82, 2.24) is 25.1 Å². The van der Waals surface area contributed by atoms with Gasteiger partial charge in [0, 0.05) is 45.1 Å². The standard InChI is InChI=1S/C16H24N6O2/c1-3-17-15-19-10-12(11-20-15)13(23)22-7-4-16(5-8-22)14(24)18-6-9-21(16)2/h10-11H,3-9H2,1-2H3,(H,18,24)(H,17,19,20). The van der Waals surface area contributed by atoms with Gasteiger partial charge in [-0.25, -0.2) is 9.97 Å². The van der Waals surface area contributed by atoms with Crippen LogP contribution in [-0.2, 0) is 4.79 Å². The van der Waals surface area contributed by atoms with E-state index in [1.165, 1.54) is 0 Å². The minimum absolute atomic E-state index is 0.0771. The summed E-state index contributed by atoms with van der Waals surface area (Å²) in [7, 11) is 1.99. The quantitative estimate of drug-likeness (QED) is 0.806. The van der Waals surface area contributed by atoms with E-state index in [0.29, 0.717) is 44.0 Å². The normalized spacial score (nSPS) is 20.8. The number of amides is 2. The highest BCUT2D eigenvalue weighted by Gasteiger charge is 2.47. The molecule has 3 rings (SSSR count). The van der Waals surface area contributed by atoms with Gasteiger partial charge in [0.2, 0.25) is 11.9 Å². The summed E-state index contributed by atoms with van der Waals surface area (Å²) in [6, 6.07) is 0. The van der Waals surface area contributed by atoms with Crippen molar-refractivity contribution in [2.24, 2.45) is 0 Å². The second-order valence-electron chi connectivity index (χ2n) is 6.33. The fourth-order valence-corrected chi connectivity index (χ4v) is 3.45. The molecular weight excluding hydrogens is 308 g/mol. The van der Waals surface area contributed by atoms with Gasteiger partial charge < -0.3 is 15.5 Å². The van der Waals surface area contributed by atoms with Crippen molar-refractivity contribution in [2.45, 2.75) is 25.3 Å². The number of aromatic nitrogens is 2. The van der Waals surface area contributed by atoms with E-state index < -0.39 is 5.54 Å². The summed E-state index contributed by atoms with van der Waals surface area (Å²) in [5, 5.41) is 5.96. The molecule has 2 aliphatic heterocycles. The van der Waals surface area contributed by atoms with E-state index in [1.54, 1.807) is 17.3 Å². The lowest BCUT2D eigenvalue weighted by molar-refractivity contribution is -0.139. The summed E-state index contributed by atoms with van der Waals surface area (Å²) in [6.45, 7) is 5.35. The smallest absolute Gasteiger partial charge is 0.256 e. The molecule has 0 aliphatic carbocycles.